The van der Waals surface area contributed by atoms with Gasteiger partial charge in [-0.1, -0.05) is 11.3 Å². The second kappa shape index (κ2) is 8.56. The highest BCUT2D eigenvalue weighted by atomic mass is 32.2. The summed E-state index contributed by atoms with van der Waals surface area (Å²) in [4.78, 5) is 17.3. The van der Waals surface area contributed by atoms with Gasteiger partial charge in [0.05, 0.1) is 31.4 Å². The topological polar surface area (TPSA) is 110 Å². The molecule has 1 aromatic carbocycles. The molecular formula is C18H24N4O5S2. The summed E-state index contributed by atoms with van der Waals surface area (Å²) in [5.74, 6) is 0.817. The minimum Gasteiger partial charge on any atom is -0.493 e. The van der Waals surface area contributed by atoms with Crippen LogP contribution in [0.3, 0.4) is 0 Å². The van der Waals surface area contributed by atoms with Gasteiger partial charge in [-0.2, -0.15) is 4.31 Å². The highest BCUT2D eigenvalue weighted by Gasteiger charge is 2.31. The SMILES string of the molecule is COc1ccc(S(=O)(=O)N2CCc3nc(NC(=O)NC(C)C)sc3C2)cc1OC. The molecule has 1 aliphatic rings. The second-order valence-corrected chi connectivity index (χ2v) is 9.77. The summed E-state index contributed by atoms with van der Waals surface area (Å²) in [6.07, 6.45) is 0.478. The van der Waals surface area contributed by atoms with E-state index >= 15 is 0 Å². The van der Waals surface area contributed by atoms with E-state index in [1.165, 1.54) is 42.0 Å². The lowest BCUT2D eigenvalue weighted by atomic mass is 10.2. The quantitative estimate of drug-likeness (QED) is 0.714. The number of aromatic nitrogens is 1. The number of rotatable bonds is 6. The van der Waals surface area contributed by atoms with Crippen LogP contribution in [-0.4, -0.2) is 50.5 Å². The molecule has 29 heavy (non-hydrogen) atoms. The molecule has 0 saturated carbocycles. The molecular weight excluding hydrogens is 416 g/mol. The minimum absolute atomic E-state index is 0.00621. The summed E-state index contributed by atoms with van der Waals surface area (Å²) in [6, 6.07) is 4.21. The van der Waals surface area contributed by atoms with Gasteiger partial charge in [-0.15, -0.1) is 0 Å². The number of nitrogens with one attached hydrogen (secondary N) is 2. The molecule has 0 unspecified atom stereocenters. The molecule has 158 valence electrons. The fraction of sp³-hybridized carbons (Fsp3) is 0.444. The molecule has 0 spiro atoms. The summed E-state index contributed by atoms with van der Waals surface area (Å²) >= 11 is 1.29. The number of methoxy groups -OCH3 is 2. The van der Waals surface area contributed by atoms with E-state index in [2.05, 4.69) is 15.6 Å². The number of ether oxygens (including phenoxy) is 2. The maximum Gasteiger partial charge on any atom is 0.321 e. The van der Waals surface area contributed by atoms with Crippen molar-refractivity contribution < 1.29 is 22.7 Å². The van der Waals surface area contributed by atoms with Crippen LogP contribution in [0.1, 0.15) is 24.4 Å². The van der Waals surface area contributed by atoms with Gasteiger partial charge >= 0.3 is 6.03 Å². The highest BCUT2D eigenvalue weighted by Crippen LogP contribution is 2.34. The minimum atomic E-state index is -3.72. The van der Waals surface area contributed by atoms with Gasteiger partial charge in [0.25, 0.3) is 0 Å². The third-order valence-corrected chi connectivity index (χ3v) is 7.17. The van der Waals surface area contributed by atoms with E-state index in [1.54, 1.807) is 6.07 Å². The van der Waals surface area contributed by atoms with E-state index in [0.717, 1.165) is 10.6 Å². The molecule has 0 radical (unpaired) electrons. The standard InChI is InChI=1S/C18H24N4O5S2/c1-11(2)19-17(23)21-18-20-13-7-8-22(10-16(13)28-18)29(24,25)12-5-6-14(26-3)15(9-12)27-4/h5-6,9,11H,7-8,10H2,1-4H3,(H2,19,20,21,23). The van der Waals surface area contributed by atoms with E-state index in [-0.39, 0.29) is 23.5 Å². The van der Waals surface area contributed by atoms with Crippen molar-refractivity contribution in [3.05, 3.63) is 28.8 Å². The number of urea groups is 1. The lowest BCUT2D eigenvalue weighted by molar-refractivity contribution is 0.250. The maximum absolute atomic E-state index is 13.1. The van der Waals surface area contributed by atoms with Crippen molar-refractivity contribution in [3.63, 3.8) is 0 Å². The molecule has 0 atom stereocenters. The van der Waals surface area contributed by atoms with Crippen molar-refractivity contribution in [1.29, 1.82) is 0 Å². The van der Waals surface area contributed by atoms with Crippen molar-refractivity contribution in [2.75, 3.05) is 26.1 Å². The van der Waals surface area contributed by atoms with Gasteiger partial charge in [-0.25, -0.2) is 18.2 Å². The summed E-state index contributed by atoms with van der Waals surface area (Å²) in [5.41, 5.74) is 0.814. The molecule has 1 aromatic heterocycles. The third kappa shape index (κ3) is 4.62. The van der Waals surface area contributed by atoms with Crippen LogP contribution in [0.4, 0.5) is 9.93 Å². The lowest BCUT2D eigenvalue weighted by Gasteiger charge is -2.25. The average molecular weight is 441 g/mol. The summed E-state index contributed by atoms with van der Waals surface area (Å²) in [5, 5.41) is 5.89. The molecule has 0 fully saturated rings. The van der Waals surface area contributed by atoms with Crippen molar-refractivity contribution in [2.45, 2.75) is 37.8 Å². The number of carbonyl (C=O) groups is 1. The third-order valence-electron chi connectivity index (χ3n) is 4.33. The molecule has 0 aliphatic carbocycles. The van der Waals surface area contributed by atoms with Crippen molar-refractivity contribution in [1.82, 2.24) is 14.6 Å². The molecule has 11 heteroatoms. The Morgan fingerprint density at radius 2 is 1.97 bits per heavy atom. The van der Waals surface area contributed by atoms with Gasteiger partial charge in [0.1, 0.15) is 0 Å². The number of nitrogens with zero attached hydrogens (tertiary/aromatic N) is 2. The number of amides is 2. The number of hydrogen-bond acceptors (Lipinski definition) is 7. The number of anilines is 1. The molecule has 1 aliphatic heterocycles. The predicted molar refractivity (Wildman–Crippen MR) is 110 cm³/mol. The molecule has 0 saturated heterocycles. The lowest BCUT2D eigenvalue weighted by Crippen LogP contribution is -2.35. The van der Waals surface area contributed by atoms with Crippen molar-refractivity contribution in [2.24, 2.45) is 0 Å². The average Bonchev–Trinajstić information content (AvgIpc) is 3.07. The Balaban J connectivity index is 1.79. The molecule has 3 rings (SSSR count). The summed E-state index contributed by atoms with van der Waals surface area (Å²) < 4.78 is 38.0. The molecule has 9 nitrogen and oxygen atoms in total. The van der Waals surface area contributed by atoms with Gasteiger partial charge < -0.3 is 14.8 Å². The molecule has 2 amide bonds. The van der Waals surface area contributed by atoms with E-state index in [9.17, 15) is 13.2 Å². The van der Waals surface area contributed by atoms with Gasteiger partial charge in [-0.3, -0.25) is 5.32 Å². The van der Waals surface area contributed by atoms with E-state index < -0.39 is 10.0 Å². The predicted octanol–water partition coefficient (Wildman–Crippen LogP) is 2.44. The molecule has 2 N–H and O–H groups in total. The smallest absolute Gasteiger partial charge is 0.321 e. The molecule has 0 bridgehead atoms. The Morgan fingerprint density at radius 1 is 1.24 bits per heavy atom. The van der Waals surface area contributed by atoms with Crippen LogP contribution in [0.15, 0.2) is 23.1 Å². The highest BCUT2D eigenvalue weighted by molar-refractivity contribution is 7.89. The number of sulfonamides is 1. The van der Waals surface area contributed by atoms with Crippen molar-refractivity contribution >= 4 is 32.5 Å². The zero-order valence-electron chi connectivity index (χ0n) is 16.7. The fourth-order valence-corrected chi connectivity index (χ4v) is 5.48. The Labute approximate surface area is 174 Å². The maximum atomic E-state index is 13.1. The van der Waals surface area contributed by atoms with E-state index in [4.69, 9.17) is 9.47 Å². The van der Waals surface area contributed by atoms with Crippen LogP contribution >= 0.6 is 11.3 Å². The van der Waals surface area contributed by atoms with E-state index in [1.807, 2.05) is 13.8 Å². The monoisotopic (exact) mass is 440 g/mol. The van der Waals surface area contributed by atoms with Crippen LogP contribution in [0, 0.1) is 0 Å². The second-order valence-electron chi connectivity index (χ2n) is 6.75. The Morgan fingerprint density at radius 3 is 2.62 bits per heavy atom. The van der Waals surface area contributed by atoms with Gasteiger partial charge in [0.2, 0.25) is 10.0 Å². The first-order valence-electron chi connectivity index (χ1n) is 9.03. The number of hydrogen-bond donors (Lipinski definition) is 2. The largest absolute Gasteiger partial charge is 0.493 e. The number of carbonyl (C=O) groups excluding carboxylic acids is 1. The van der Waals surface area contributed by atoms with Crippen LogP contribution in [0.25, 0.3) is 0 Å². The van der Waals surface area contributed by atoms with Gasteiger partial charge in [-0.05, 0) is 26.0 Å². The Bertz CT molecular complexity index is 1000. The first kappa shape index (κ1) is 21.3. The zero-order valence-corrected chi connectivity index (χ0v) is 18.3. The Kier molecular flexibility index (Phi) is 6.30. The van der Waals surface area contributed by atoms with Crippen LogP contribution in [-0.2, 0) is 23.0 Å². The van der Waals surface area contributed by atoms with E-state index in [0.29, 0.717) is 29.6 Å². The van der Waals surface area contributed by atoms with Crippen LogP contribution in [0.5, 0.6) is 11.5 Å². The van der Waals surface area contributed by atoms with Crippen LogP contribution in [0.2, 0.25) is 0 Å². The fourth-order valence-electron chi connectivity index (χ4n) is 2.95. The summed E-state index contributed by atoms with van der Waals surface area (Å²) in [7, 11) is -0.759. The Hall–Kier alpha value is -2.37. The first-order valence-corrected chi connectivity index (χ1v) is 11.3. The first-order chi connectivity index (χ1) is 13.7. The van der Waals surface area contributed by atoms with Gasteiger partial charge in [0.15, 0.2) is 16.6 Å². The number of thiazole rings is 1. The molecule has 2 aromatic rings. The zero-order chi connectivity index (χ0) is 21.2. The van der Waals surface area contributed by atoms with Crippen LogP contribution < -0.4 is 20.1 Å². The summed E-state index contributed by atoms with van der Waals surface area (Å²) in [6.45, 7) is 4.24. The molecule has 2 heterocycles. The normalized spacial score (nSPS) is 14.4. The van der Waals surface area contributed by atoms with Crippen molar-refractivity contribution in [3.8, 4) is 11.5 Å². The number of fused-ring (bicyclic) bond motifs is 1. The van der Waals surface area contributed by atoms with Gasteiger partial charge in [0, 0.05) is 30.0 Å². The number of benzene rings is 1.